The Morgan fingerprint density at radius 2 is 1.75 bits per heavy atom. The molecular weight excluding hydrogens is 270 g/mol. The third kappa shape index (κ3) is 5.72. The van der Waals surface area contributed by atoms with Gasteiger partial charge in [0.05, 0.1) is 0 Å². The zero-order chi connectivity index (χ0) is 15.4. The lowest BCUT2D eigenvalue weighted by atomic mass is 9.62. The highest BCUT2D eigenvalue weighted by molar-refractivity contribution is 7.90. The van der Waals surface area contributed by atoms with E-state index < -0.39 is 9.84 Å². The molecule has 0 aliphatic heterocycles. The van der Waals surface area contributed by atoms with Crippen LogP contribution < -0.4 is 5.32 Å². The second kappa shape index (κ2) is 6.78. The predicted octanol–water partition coefficient (Wildman–Crippen LogP) is 3.25. The average Bonchev–Trinajstić information content (AvgIpc) is 2.27. The second-order valence-corrected chi connectivity index (χ2v) is 10.2. The van der Waals surface area contributed by atoms with E-state index in [1.165, 1.54) is 31.9 Å². The van der Waals surface area contributed by atoms with Crippen molar-refractivity contribution in [2.45, 2.75) is 59.3 Å². The first kappa shape index (κ1) is 18.0. The van der Waals surface area contributed by atoms with Gasteiger partial charge >= 0.3 is 0 Å². The van der Waals surface area contributed by atoms with Gasteiger partial charge in [-0.25, -0.2) is 8.42 Å². The molecule has 0 radical (unpaired) electrons. The lowest BCUT2D eigenvalue weighted by Gasteiger charge is -2.44. The maximum Gasteiger partial charge on any atom is 0.147 e. The van der Waals surface area contributed by atoms with Gasteiger partial charge in [0.25, 0.3) is 0 Å². The lowest BCUT2D eigenvalue weighted by molar-refractivity contribution is 0.0807. The van der Waals surface area contributed by atoms with Crippen LogP contribution >= 0.6 is 0 Å². The molecule has 0 aromatic heterocycles. The summed E-state index contributed by atoms with van der Waals surface area (Å²) >= 11 is 0. The molecule has 0 aromatic carbocycles. The molecule has 4 heteroatoms. The van der Waals surface area contributed by atoms with Crippen LogP contribution in [0.5, 0.6) is 0 Å². The minimum absolute atomic E-state index is 0.321. The van der Waals surface area contributed by atoms with E-state index in [2.05, 4.69) is 26.1 Å². The number of nitrogens with one attached hydrogen (secondary N) is 1. The van der Waals surface area contributed by atoms with Crippen molar-refractivity contribution in [1.82, 2.24) is 5.32 Å². The van der Waals surface area contributed by atoms with Gasteiger partial charge in [0.1, 0.15) is 9.84 Å². The Labute approximate surface area is 125 Å². The second-order valence-electron chi connectivity index (χ2n) is 7.90. The zero-order valence-electron chi connectivity index (χ0n) is 14.0. The van der Waals surface area contributed by atoms with Crippen LogP contribution in [0.3, 0.4) is 0 Å². The van der Waals surface area contributed by atoms with Crippen molar-refractivity contribution in [2.75, 3.05) is 25.6 Å². The molecule has 0 aromatic rings. The number of sulfone groups is 1. The van der Waals surface area contributed by atoms with Crippen molar-refractivity contribution in [2.24, 2.45) is 16.7 Å². The molecule has 1 aliphatic rings. The quantitative estimate of drug-likeness (QED) is 0.819. The summed E-state index contributed by atoms with van der Waals surface area (Å²) in [5.74, 6) is 1.14. The van der Waals surface area contributed by atoms with E-state index in [1.54, 1.807) is 0 Å². The molecule has 20 heavy (non-hydrogen) atoms. The smallest absolute Gasteiger partial charge is 0.147 e. The van der Waals surface area contributed by atoms with E-state index in [0.717, 1.165) is 25.3 Å². The monoisotopic (exact) mass is 303 g/mol. The molecule has 0 saturated heterocycles. The molecule has 0 unspecified atom stereocenters. The Kier molecular flexibility index (Phi) is 6.09. The highest BCUT2D eigenvalue weighted by Gasteiger charge is 2.37. The van der Waals surface area contributed by atoms with Gasteiger partial charge in [0.15, 0.2) is 0 Å². The van der Waals surface area contributed by atoms with Crippen molar-refractivity contribution in [1.29, 1.82) is 0 Å². The Hall–Kier alpha value is -0.0900. The van der Waals surface area contributed by atoms with Crippen LogP contribution in [0.1, 0.15) is 59.3 Å². The van der Waals surface area contributed by atoms with E-state index in [0.29, 0.717) is 16.6 Å². The molecule has 1 rings (SSSR count). The Balaban J connectivity index is 2.57. The summed E-state index contributed by atoms with van der Waals surface area (Å²) < 4.78 is 22.6. The fourth-order valence-corrected chi connectivity index (χ4v) is 4.36. The summed E-state index contributed by atoms with van der Waals surface area (Å²) in [5, 5.41) is 3.33. The van der Waals surface area contributed by atoms with E-state index in [4.69, 9.17) is 0 Å². The summed E-state index contributed by atoms with van der Waals surface area (Å²) in [6, 6.07) is 0. The largest absolute Gasteiger partial charge is 0.319 e. The van der Waals surface area contributed by atoms with Gasteiger partial charge in [0.2, 0.25) is 0 Å². The number of hydrogen-bond donors (Lipinski definition) is 1. The molecule has 0 amide bonds. The van der Waals surface area contributed by atoms with Crippen molar-refractivity contribution < 1.29 is 8.42 Å². The summed E-state index contributed by atoms with van der Waals surface area (Å²) in [6.07, 6.45) is 8.22. The fraction of sp³-hybridized carbons (Fsp3) is 1.00. The normalized spacial score (nSPS) is 28.6. The van der Waals surface area contributed by atoms with Crippen molar-refractivity contribution in [3.63, 3.8) is 0 Å². The first-order chi connectivity index (χ1) is 9.08. The van der Waals surface area contributed by atoms with Crippen LogP contribution in [0.15, 0.2) is 0 Å². The number of rotatable bonds is 6. The van der Waals surface area contributed by atoms with Gasteiger partial charge < -0.3 is 5.32 Å². The minimum Gasteiger partial charge on any atom is -0.319 e. The molecule has 0 heterocycles. The first-order valence-corrected chi connectivity index (χ1v) is 9.96. The van der Waals surface area contributed by atoms with E-state index in [-0.39, 0.29) is 0 Å². The van der Waals surface area contributed by atoms with Crippen molar-refractivity contribution in [3.05, 3.63) is 0 Å². The zero-order valence-corrected chi connectivity index (χ0v) is 14.8. The van der Waals surface area contributed by atoms with Gasteiger partial charge in [-0.3, -0.25) is 0 Å². The van der Waals surface area contributed by atoms with E-state index >= 15 is 0 Å². The predicted molar refractivity (Wildman–Crippen MR) is 86.7 cm³/mol. The van der Waals surface area contributed by atoms with Gasteiger partial charge in [0, 0.05) is 18.6 Å². The number of hydrogen-bond acceptors (Lipinski definition) is 3. The average molecular weight is 304 g/mol. The van der Waals surface area contributed by atoms with Gasteiger partial charge in [-0.1, -0.05) is 20.8 Å². The Bertz CT molecular complexity index is 387. The summed E-state index contributed by atoms with van der Waals surface area (Å²) in [7, 11) is -0.813. The standard InChI is InChI=1S/C16H33NO2S/c1-15(2,3)14-7-10-16(11-8-14,13-17-4)9-6-12-20(5,18)19/h14,17H,6-13H2,1-5H3. The minimum atomic E-state index is -2.82. The van der Waals surface area contributed by atoms with E-state index in [9.17, 15) is 8.42 Å². The SMILES string of the molecule is CNCC1(CCCS(C)(=O)=O)CCC(C(C)(C)C)CC1. The molecule has 1 saturated carbocycles. The summed E-state index contributed by atoms with van der Waals surface area (Å²) in [5.41, 5.74) is 0.722. The molecule has 120 valence electrons. The highest BCUT2D eigenvalue weighted by Crippen LogP contribution is 2.47. The van der Waals surface area contributed by atoms with Crippen LogP contribution in [-0.2, 0) is 9.84 Å². The maximum absolute atomic E-state index is 11.3. The van der Waals surface area contributed by atoms with Crippen molar-refractivity contribution >= 4 is 9.84 Å². The lowest BCUT2D eigenvalue weighted by Crippen LogP contribution is -2.39. The molecule has 1 aliphatic carbocycles. The fourth-order valence-electron chi connectivity index (χ4n) is 3.70. The molecule has 0 bridgehead atoms. The van der Waals surface area contributed by atoms with Gasteiger partial charge in [-0.15, -0.1) is 0 Å². The Morgan fingerprint density at radius 3 is 2.15 bits per heavy atom. The van der Waals surface area contributed by atoms with Crippen molar-refractivity contribution in [3.8, 4) is 0 Å². The van der Waals surface area contributed by atoms with Crippen LogP contribution in [-0.4, -0.2) is 34.0 Å². The summed E-state index contributed by atoms with van der Waals surface area (Å²) in [4.78, 5) is 0. The van der Waals surface area contributed by atoms with Crippen LogP contribution in [0.2, 0.25) is 0 Å². The molecule has 0 atom stereocenters. The third-order valence-electron chi connectivity index (χ3n) is 5.05. The molecule has 1 N–H and O–H groups in total. The third-order valence-corrected chi connectivity index (χ3v) is 6.08. The van der Waals surface area contributed by atoms with Crippen LogP contribution in [0.25, 0.3) is 0 Å². The first-order valence-electron chi connectivity index (χ1n) is 7.90. The molecule has 3 nitrogen and oxygen atoms in total. The molecular formula is C16H33NO2S. The van der Waals surface area contributed by atoms with Crippen LogP contribution in [0, 0.1) is 16.7 Å². The van der Waals surface area contributed by atoms with Crippen LogP contribution in [0.4, 0.5) is 0 Å². The van der Waals surface area contributed by atoms with E-state index in [1.807, 2.05) is 7.05 Å². The highest BCUT2D eigenvalue weighted by atomic mass is 32.2. The molecule has 1 fully saturated rings. The maximum atomic E-state index is 11.3. The molecule has 0 spiro atoms. The Morgan fingerprint density at radius 1 is 1.20 bits per heavy atom. The summed E-state index contributed by atoms with van der Waals surface area (Å²) in [6.45, 7) is 8.04. The van der Waals surface area contributed by atoms with Gasteiger partial charge in [-0.2, -0.15) is 0 Å². The topological polar surface area (TPSA) is 46.2 Å². The van der Waals surface area contributed by atoms with Gasteiger partial charge in [-0.05, 0) is 62.3 Å².